The second-order valence-electron chi connectivity index (χ2n) is 15.0. The molecule has 0 aliphatic rings. The van der Waals surface area contributed by atoms with Crippen LogP contribution in [0.25, 0.3) is 0 Å². The van der Waals surface area contributed by atoms with Gasteiger partial charge in [0.1, 0.15) is 12.2 Å². The maximum Gasteiger partial charge on any atom is 1.00 e. The average molecular weight is 1080 g/mol. The SMILES string of the molecule is CCOC(=O)C(Oc1ccccc1OC)C(O)c1ccc(OC)c(OC)c1.CCOC(=O)COc1ccccc1OC.COc1ccc(C(O)C(CO)Oc2ccccc2OC)cc1OC.COc1ccccc1O.[B].[H-].[Na+]. The van der Waals surface area contributed by atoms with E-state index in [9.17, 15) is 24.9 Å². The van der Waals surface area contributed by atoms with Crippen LogP contribution in [-0.4, -0.2) is 136 Å². The minimum atomic E-state index is -1.30. The van der Waals surface area contributed by atoms with E-state index in [-0.39, 0.29) is 70.9 Å². The van der Waals surface area contributed by atoms with Gasteiger partial charge in [-0.3, -0.25) is 0 Å². The van der Waals surface area contributed by atoms with Crippen LogP contribution in [0.4, 0.5) is 0 Å². The molecule has 3 radical (unpaired) electrons. The molecule has 411 valence electrons. The number of esters is 2. The molecule has 0 aliphatic carbocycles. The monoisotopic (exact) mass is 1080 g/mol. The van der Waals surface area contributed by atoms with Gasteiger partial charge in [-0.05, 0) is 97.8 Å². The number of para-hydroxylation sites is 8. The number of aliphatic hydroxyl groups excluding tert-OH is 3. The van der Waals surface area contributed by atoms with Gasteiger partial charge in [0.25, 0.3) is 0 Å². The van der Waals surface area contributed by atoms with Crippen LogP contribution < -0.4 is 81.7 Å². The summed E-state index contributed by atoms with van der Waals surface area (Å²) in [5.41, 5.74) is 0.960. The first-order valence-electron chi connectivity index (χ1n) is 23.2. The van der Waals surface area contributed by atoms with Gasteiger partial charge in [-0.25, -0.2) is 9.59 Å². The first kappa shape index (κ1) is 67.8. The third kappa shape index (κ3) is 21.4. The van der Waals surface area contributed by atoms with Crippen molar-refractivity contribution in [1.82, 2.24) is 0 Å². The van der Waals surface area contributed by atoms with Crippen LogP contribution in [0, 0.1) is 0 Å². The van der Waals surface area contributed by atoms with Crippen molar-refractivity contribution in [2.45, 2.75) is 38.3 Å². The molecule has 6 aromatic rings. The number of carbonyl (C=O) groups excluding carboxylic acids is 2. The van der Waals surface area contributed by atoms with E-state index in [2.05, 4.69) is 0 Å². The standard InChI is InChI=1S/C20H24O7.C18H22O6.C11H14O4.C7H8O2.B.Na.H/c1-5-26-20(22)19(27-16-9-7-6-8-14(16)23-2)18(21)13-10-11-15(24-3)17(12-13)25-4;1-21-13-6-4-5-7-15(13)24-17(11-19)18(20)12-8-9-14(22-2)16(10-12)23-3;1-3-14-11(12)8-15-10-7-5-4-6-9(10)13-2;1-9-7-5-3-2-4-6(7)8;;;/h6-12,18-19,21H,5H2,1-4H3;4-10,17-20H,11H2,1-3H3;4-7H,3,8H2,1-2H3;2-5,8H,1H3;;;/q;;;;;+1;-1. The van der Waals surface area contributed by atoms with Gasteiger partial charge < -0.3 is 83.4 Å². The van der Waals surface area contributed by atoms with E-state index in [1.807, 2.05) is 18.2 Å². The van der Waals surface area contributed by atoms with E-state index in [1.165, 1.54) is 49.8 Å². The minimum absolute atomic E-state index is 0. The summed E-state index contributed by atoms with van der Waals surface area (Å²) in [6.07, 6.45) is -4.51. The Hall–Kier alpha value is -7.20. The topological polar surface area (TPSA) is 235 Å². The summed E-state index contributed by atoms with van der Waals surface area (Å²) < 4.78 is 67.7. The van der Waals surface area contributed by atoms with Gasteiger partial charge in [-0.2, -0.15) is 0 Å². The number of aliphatic hydroxyl groups is 3. The Balaban J connectivity index is 0.00000106. The Labute approximate surface area is 475 Å². The Kier molecular flexibility index (Phi) is 33.1. The normalized spacial score (nSPS) is 11.4. The molecular weight excluding hydrogens is 1010 g/mol. The predicted octanol–water partition coefficient (Wildman–Crippen LogP) is 4.72. The summed E-state index contributed by atoms with van der Waals surface area (Å²) >= 11 is 0. The summed E-state index contributed by atoms with van der Waals surface area (Å²) in [5, 5.41) is 40.0. The number of carbonyl (C=O) groups is 2. The van der Waals surface area contributed by atoms with Crippen molar-refractivity contribution in [3.05, 3.63) is 145 Å². The summed E-state index contributed by atoms with van der Waals surface area (Å²) in [6.45, 7) is 3.47. The zero-order chi connectivity index (χ0) is 55.1. The maximum absolute atomic E-state index is 12.4. The van der Waals surface area contributed by atoms with E-state index < -0.39 is 30.4 Å². The van der Waals surface area contributed by atoms with Crippen molar-refractivity contribution < 1.29 is 123 Å². The number of methoxy groups -OCH3 is 8. The molecule has 21 heteroatoms. The number of phenols is 1. The van der Waals surface area contributed by atoms with Gasteiger partial charge in [-0.15, -0.1) is 0 Å². The predicted molar refractivity (Wildman–Crippen MR) is 284 cm³/mol. The van der Waals surface area contributed by atoms with Crippen LogP contribution in [0.2, 0.25) is 0 Å². The van der Waals surface area contributed by atoms with E-state index in [0.29, 0.717) is 81.0 Å². The Morgan fingerprint density at radius 1 is 0.468 bits per heavy atom. The fourth-order valence-corrected chi connectivity index (χ4v) is 6.57. The fraction of sp³-hybridized carbons (Fsp3) is 0.321. The van der Waals surface area contributed by atoms with Crippen LogP contribution in [0.1, 0.15) is 38.6 Å². The second kappa shape index (κ2) is 37.5. The van der Waals surface area contributed by atoms with Gasteiger partial charge in [-0.1, -0.05) is 60.7 Å². The molecule has 19 nitrogen and oxygen atoms in total. The molecule has 0 saturated heterocycles. The van der Waals surface area contributed by atoms with Gasteiger partial charge in [0.2, 0.25) is 6.10 Å². The molecule has 4 atom stereocenters. The largest absolute Gasteiger partial charge is 1.00 e. The number of hydrogen-bond acceptors (Lipinski definition) is 19. The van der Waals surface area contributed by atoms with Crippen LogP contribution >= 0.6 is 0 Å². The molecule has 0 fully saturated rings. The number of phenolic OH excluding ortho intramolecular Hbond substituents is 1. The van der Waals surface area contributed by atoms with Crippen molar-refractivity contribution in [2.24, 2.45) is 0 Å². The number of rotatable bonds is 23. The van der Waals surface area contributed by atoms with Crippen LogP contribution in [-0.2, 0) is 19.1 Å². The first-order valence-corrected chi connectivity index (χ1v) is 23.2. The molecule has 0 aliphatic heterocycles. The van der Waals surface area contributed by atoms with Crippen molar-refractivity contribution in [3.8, 4) is 69.0 Å². The minimum Gasteiger partial charge on any atom is -1.00 e. The van der Waals surface area contributed by atoms with Crippen LogP contribution in [0.3, 0.4) is 0 Å². The molecule has 6 aromatic carbocycles. The molecule has 0 amide bonds. The second-order valence-corrected chi connectivity index (χ2v) is 15.0. The van der Waals surface area contributed by atoms with E-state index in [4.69, 9.17) is 66.7 Å². The molecule has 77 heavy (non-hydrogen) atoms. The summed E-state index contributed by atoms with van der Waals surface area (Å²) in [5.74, 6) is 4.45. The molecular formula is C56H69BNaO19. The molecule has 6 rings (SSSR count). The third-order valence-electron chi connectivity index (χ3n) is 10.3. The molecule has 0 heterocycles. The summed E-state index contributed by atoms with van der Waals surface area (Å²) in [7, 11) is 12.1. The van der Waals surface area contributed by atoms with Crippen LogP contribution in [0.5, 0.6) is 69.0 Å². The molecule has 0 bridgehead atoms. The Morgan fingerprint density at radius 3 is 1.23 bits per heavy atom. The van der Waals surface area contributed by atoms with E-state index >= 15 is 0 Å². The zero-order valence-electron chi connectivity index (χ0n) is 46.3. The fourth-order valence-electron chi connectivity index (χ4n) is 6.57. The molecule has 0 aromatic heterocycles. The smallest absolute Gasteiger partial charge is 1.00 e. The molecule has 0 spiro atoms. The van der Waals surface area contributed by atoms with Crippen molar-refractivity contribution in [1.29, 1.82) is 0 Å². The number of ether oxygens (including phenoxy) is 13. The quantitative estimate of drug-likeness (QED) is 0.0502. The van der Waals surface area contributed by atoms with Crippen molar-refractivity contribution in [3.63, 3.8) is 0 Å². The van der Waals surface area contributed by atoms with Gasteiger partial charge >= 0.3 is 41.5 Å². The van der Waals surface area contributed by atoms with E-state index in [0.717, 1.165) is 0 Å². The molecule has 4 unspecified atom stereocenters. The number of aromatic hydroxyl groups is 1. The van der Waals surface area contributed by atoms with Gasteiger partial charge in [0.05, 0.1) is 76.7 Å². The van der Waals surface area contributed by atoms with Crippen molar-refractivity contribution >= 4 is 20.4 Å². The average Bonchev–Trinajstić information content (AvgIpc) is 3.45. The third-order valence-corrected chi connectivity index (χ3v) is 10.3. The Bertz CT molecular complexity index is 2630. The van der Waals surface area contributed by atoms with E-state index in [1.54, 1.807) is 136 Å². The van der Waals surface area contributed by atoms with Crippen molar-refractivity contribution in [2.75, 3.05) is 83.3 Å². The van der Waals surface area contributed by atoms with Gasteiger partial charge in [0.15, 0.2) is 81.7 Å². The van der Waals surface area contributed by atoms with Gasteiger partial charge in [0, 0.05) is 8.41 Å². The van der Waals surface area contributed by atoms with Crippen LogP contribution in [0.15, 0.2) is 133 Å². The number of hydrogen-bond donors (Lipinski definition) is 4. The molecule has 4 N–H and O–H groups in total. The summed E-state index contributed by atoms with van der Waals surface area (Å²) in [4.78, 5) is 23.5. The summed E-state index contributed by atoms with van der Waals surface area (Å²) in [6, 6.07) is 37.8. The Morgan fingerprint density at radius 2 is 0.831 bits per heavy atom. The first-order chi connectivity index (χ1) is 36.3. The molecule has 0 saturated carbocycles. The maximum atomic E-state index is 12.4. The number of benzene rings is 6. The zero-order valence-corrected chi connectivity index (χ0v) is 47.3.